The van der Waals surface area contributed by atoms with E-state index >= 15 is 0 Å². The summed E-state index contributed by atoms with van der Waals surface area (Å²) in [6, 6.07) is 4.70. The van der Waals surface area contributed by atoms with Crippen LogP contribution in [0.5, 0.6) is 0 Å². The second kappa shape index (κ2) is 4.58. The van der Waals surface area contributed by atoms with Crippen LogP contribution in [0, 0.1) is 5.82 Å². The third kappa shape index (κ3) is 2.03. The van der Waals surface area contributed by atoms with Gasteiger partial charge < -0.3 is 15.0 Å². The van der Waals surface area contributed by atoms with Crippen LogP contribution in [-0.2, 0) is 16.8 Å². The molecule has 1 aromatic heterocycles. The molecular formula is C14H18FN3O. The molecule has 0 aliphatic carbocycles. The molecule has 4 nitrogen and oxygen atoms in total. The Bertz CT molecular complexity index is 602. The minimum Gasteiger partial charge on any atom is -0.379 e. The van der Waals surface area contributed by atoms with Crippen LogP contribution in [0.2, 0.25) is 0 Å². The van der Waals surface area contributed by atoms with Crippen LogP contribution in [0.25, 0.3) is 11.0 Å². The van der Waals surface area contributed by atoms with Crippen molar-refractivity contribution in [1.82, 2.24) is 9.55 Å². The van der Waals surface area contributed by atoms with Crippen LogP contribution in [0.3, 0.4) is 0 Å². The first-order chi connectivity index (χ1) is 9.14. The number of hydrogen-bond acceptors (Lipinski definition) is 3. The van der Waals surface area contributed by atoms with Gasteiger partial charge in [0.05, 0.1) is 17.6 Å². The average Bonchev–Trinajstić information content (AvgIpc) is 2.95. The van der Waals surface area contributed by atoms with E-state index in [4.69, 9.17) is 10.5 Å². The SMILES string of the molecule is CCCn1c(C2(N)CCOC2)nc2cc(F)ccc21. The third-order valence-electron chi connectivity index (χ3n) is 3.65. The quantitative estimate of drug-likeness (QED) is 0.923. The first kappa shape index (κ1) is 12.6. The summed E-state index contributed by atoms with van der Waals surface area (Å²) < 4.78 is 20.8. The molecule has 1 aliphatic rings. The maximum absolute atomic E-state index is 13.3. The van der Waals surface area contributed by atoms with Gasteiger partial charge in [0.15, 0.2) is 0 Å². The Morgan fingerprint density at radius 3 is 3.05 bits per heavy atom. The van der Waals surface area contributed by atoms with E-state index in [1.54, 1.807) is 6.07 Å². The molecule has 5 heteroatoms. The molecule has 0 saturated carbocycles. The molecule has 1 aromatic carbocycles. The zero-order valence-electron chi connectivity index (χ0n) is 11.0. The van der Waals surface area contributed by atoms with Crippen molar-refractivity contribution in [1.29, 1.82) is 0 Å². The third-order valence-corrected chi connectivity index (χ3v) is 3.65. The van der Waals surface area contributed by atoms with Crippen LogP contribution in [0.15, 0.2) is 18.2 Å². The van der Waals surface area contributed by atoms with Gasteiger partial charge in [-0.1, -0.05) is 6.92 Å². The first-order valence-corrected chi connectivity index (χ1v) is 6.67. The lowest BCUT2D eigenvalue weighted by Gasteiger charge is -2.22. The van der Waals surface area contributed by atoms with Crippen LogP contribution >= 0.6 is 0 Å². The minimum absolute atomic E-state index is 0.269. The van der Waals surface area contributed by atoms with Gasteiger partial charge >= 0.3 is 0 Å². The summed E-state index contributed by atoms with van der Waals surface area (Å²) in [5.74, 6) is 0.543. The first-order valence-electron chi connectivity index (χ1n) is 6.67. The van der Waals surface area contributed by atoms with Crippen molar-refractivity contribution in [2.45, 2.75) is 31.8 Å². The number of fused-ring (bicyclic) bond motifs is 1. The maximum atomic E-state index is 13.3. The fourth-order valence-corrected chi connectivity index (χ4v) is 2.69. The van der Waals surface area contributed by atoms with Gasteiger partial charge in [-0.2, -0.15) is 0 Å². The van der Waals surface area contributed by atoms with Crippen molar-refractivity contribution in [3.8, 4) is 0 Å². The van der Waals surface area contributed by atoms with E-state index in [1.165, 1.54) is 12.1 Å². The second-order valence-corrected chi connectivity index (χ2v) is 5.18. The standard InChI is InChI=1S/C14H18FN3O/c1-2-6-18-12-4-3-10(15)8-11(12)17-13(18)14(16)5-7-19-9-14/h3-4,8H,2,5-7,9,16H2,1H3. The largest absolute Gasteiger partial charge is 0.379 e. The molecule has 2 N–H and O–H groups in total. The highest BCUT2D eigenvalue weighted by molar-refractivity contribution is 5.76. The molecule has 1 atom stereocenters. The zero-order valence-corrected chi connectivity index (χ0v) is 11.0. The predicted octanol–water partition coefficient (Wildman–Crippen LogP) is 2.16. The van der Waals surface area contributed by atoms with Crippen molar-refractivity contribution in [3.63, 3.8) is 0 Å². The molecule has 0 amide bonds. The van der Waals surface area contributed by atoms with Gasteiger partial charge in [0.1, 0.15) is 17.2 Å². The van der Waals surface area contributed by atoms with Crippen molar-refractivity contribution in [2.75, 3.05) is 13.2 Å². The van der Waals surface area contributed by atoms with Gasteiger partial charge in [-0.05, 0) is 25.0 Å². The van der Waals surface area contributed by atoms with Gasteiger partial charge in [0, 0.05) is 19.2 Å². The van der Waals surface area contributed by atoms with Crippen molar-refractivity contribution in [3.05, 3.63) is 29.8 Å². The smallest absolute Gasteiger partial charge is 0.132 e. The summed E-state index contributed by atoms with van der Waals surface area (Å²) in [5.41, 5.74) is 7.47. The lowest BCUT2D eigenvalue weighted by molar-refractivity contribution is 0.175. The van der Waals surface area contributed by atoms with Gasteiger partial charge in [0.2, 0.25) is 0 Å². The lowest BCUT2D eigenvalue weighted by atomic mass is 9.99. The molecule has 2 aromatic rings. The van der Waals surface area contributed by atoms with Crippen molar-refractivity contribution < 1.29 is 9.13 Å². The van der Waals surface area contributed by atoms with Gasteiger partial charge in [-0.25, -0.2) is 9.37 Å². The summed E-state index contributed by atoms with van der Waals surface area (Å²) in [6.45, 7) is 4.06. The Hall–Kier alpha value is -1.46. The lowest BCUT2D eigenvalue weighted by Crippen LogP contribution is -2.40. The summed E-state index contributed by atoms with van der Waals surface area (Å²) in [4.78, 5) is 4.56. The minimum atomic E-state index is -0.551. The molecule has 1 saturated heterocycles. The normalized spacial score (nSPS) is 23.3. The number of halogens is 1. The number of nitrogens with zero attached hydrogens (tertiary/aromatic N) is 2. The maximum Gasteiger partial charge on any atom is 0.132 e. The van der Waals surface area contributed by atoms with Gasteiger partial charge in [-0.3, -0.25) is 0 Å². The number of imidazole rings is 1. The molecule has 1 aliphatic heterocycles. The molecule has 2 heterocycles. The molecule has 19 heavy (non-hydrogen) atoms. The topological polar surface area (TPSA) is 53.1 Å². The molecule has 3 rings (SSSR count). The van der Waals surface area contributed by atoms with E-state index in [2.05, 4.69) is 16.5 Å². The number of ether oxygens (including phenoxy) is 1. The highest BCUT2D eigenvalue weighted by atomic mass is 19.1. The summed E-state index contributed by atoms with van der Waals surface area (Å²) >= 11 is 0. The number of benzene rings is 1. The van der Waals surface area contributed by atoms with Crippen LogP contribution < -0.4 is 5.73 Å². The Labute approximate surface area is 111 Å². The Morgan fingerprint density at radius 2 is 2.37 bits per heavy atom. The fraction of sp³-hybridized carbons (Fsp3) is 0.500. The van der Waals surface area contributed by atoms with Crippen molar-refractivity contribution in [2.24, 2.45) is 5.73 Å². The molecule has 1 fully saturated rings. The van der Waals surface area contributed by atoms with Crippen LogP contribution in [0.1, 0.15) is 25.6 Å². The van der Waals surface area contributed by atoms with Gasteiger partial charge in [-0.15, -0.1) is 0 Å². The highest BCUT2D eigenvalue weighted by Crippen LogP contribution is 2.30. The van der Waals surface area contributed by atoms with E-state index in [0.717, 1.165) is 30.7 Å². The Morgan fingerprint density at radius 1 is 1.53 bits per heavy atom. The number of hydrogen-bond donors (Lipinski definition) is 1. The molecular weight excluding hydrogens is 245 g/mol. The van der Waals surface area contributed by atoms with E-state index in [0.29, 0.717) is 18.7 Å². The molecule has 0 radical (unpaired) electrons. The summed E-state index contributed by atoms with van der Waals surface area (Å²) in [7, 11) is 0. The van der Waals surface area contributed by atoms with E-state index in [1.807, 2.05) is 0 Å². The number of nitrogens with two attached hydrogens (primary N) is 1. The van der Waals surface area contributed by atoms with Crippen LogP contribution in [-0.4, -0.2) is 22.8 Å². The van der Waals surface area contributed by atoms with Gasteiger partial charge in [0.25, 0.3) is 0 Å². The molecule has 0 bridgehead atoms. The summed E-state index contributed by atoms with van der Waals surface area (Å²) in [6.07, 6.45) is 1.73. The van der Waals surface area contributed by atoms with E-state index < -0.39 is 5.54 Å². The Kier molecular flexibility index (Phi) is 3.03. The van der Waals surface area contributed by atoms with E-state index in [9.17, 15) is 4.39 Å². The predicted molar refractivity (Wildman–Crippen MR) is 71.3 cm³/mol. The fourth-order valence-electron chi connectivity index (χ4n) is 2.69. The van der Waals surface area contributed by atoms with E-state index in [-0.39, 0.29) is 5.82 Å². The molecule has 0 spiro atoms. The Balaban J connectivity index is 2.19. The number of aromatic nitrogens is 2. The number of rotatable bonds is 3. The average molecular weight is 263 g/mol. The monoisotopic (exact) mass is 263 g/mol. The highest BCUT2D eigenvalue weighted by Gasteiger charge is 2.37. The number of aryl methyl sites for hydroxylation is 1. The zero-order chi connectivity index (χ0) is 13.5. The summed E-state index contributed by atoms with van der Waals surface area (Å²) in [5, 5.41) is 0. The molecule has 102 valence electrons. The molecule has 1 unspecified atom stereocenters. The second-order valence-electron chi connectivity index (χ2n) is 5.18. The van der Waals surface area contributed by atoms with Crippen LogP contribution in [0.4, 0.5) is 4.39 Å². The van der Waals surface area contributed by atoms with Crippen molar-refractivity contribution >= 4 is 11.0 Å².